The molecule has 1 aliphatic heterocycles. The molecule has 126 valence electrons. The molecule has 2 heteroatoms. The molecule has 1 aliphatic rings. The molecule has 4 bridgehead atoms. The Labute approximate surface area is 151 Å². The molecular formula is C22H30Si2. The van der Waals surface area contributed by atoms with Crippen LogP contribution in [0.2, 0.25) is 12.1 Å². The molecule has 0 fully saturated rings. The van der Waals surface area contributed by atoms with Crippen LogP contribution in [-0.2, 0) is 12.8 Å². The summed E-state index contributed by atoms with van der Waals surface area (Å²) in [6.07, 6.45) is 2.35. The number of aryl methyl sites for hydroxylation is 2. The Kier molecular flexibility index (Phi) is 5.46. The van der Waals surface area contributed by atoms with Gasteiger partial charge in [0.25, 0.3) is 0 Å². The quantitative estimate of drug-likeness (QED) is 0.722. The fraction of sp³-hybridized carbons (Fsp3) is 0.455. The van der Waals surface area contributed by atoms with Crippen LogP contribution in [-0.4, -0.2) is 16.6 Å². The van der Waals surface area contributed by atoms with Crippen LogP contribution in [0, 0.1) is 11.8 Å². The molecule has 0 saturated heterocycles. The van der Waals surface area contributed by atoms with Crippen LogP contribution in [0.5, 0.6) is 0 Å². The zero-order chi connectivity index (χ0) is 17.2. The van der Waals surface area contributed by atoms with E-state index in [9.17, 15) is 0 Å². The second-order valence-electron chi connectivity index (χ2n) is 8.30. The van der Waals surface area contributed by atoms with Gasteiger partial charge in [0.1, 0.15) is 0 Å². The molecule has 0 spiro atoms. The smallest absolute Gasteiger partial charge is 0.0665 e. The predicted molar refractivity (Wildman–Crippen MR) is 110 cm³/mol. The molecule has 0 N–H and O–H groups in total. The van der Waals surface area contributed by atoms with Crippen molar-refractivity contribution in [2.75, 3.05) is 0 Å². The molecule has 2 aromatic rings. The Balaban J connectivity index is 2.14. The summed E-state index contributed by atoms with van der Waals surface area (Å²) in [6, 6.07) is 22.0. The van der Waals surface area contributed by atoms with Crippen molar-refractivity contribution in [1.82, 2.24) is 0 Å². The third kappa shape index (κ3) is 4.09. The van der Waals surface area contributed by atoms with Gasteiger partial charge in [0, 0.05) is 0 Å². The fourth-order valence-electron chi connectivity index (χ4n) is 4.28. The molecule has 0 aromatic heterocycles. The van der Waals surface area contributed by atoms with Crippen LogP contribution in [0.4, 0.5) is 0 Å². The van der Waals surface area contributed by atoms with Gasteiger partial charge in [-0.3, -0.25) is 0 Å². The highest BCUT2D eigenvalue weighted by Crippen LogP contribution is 2.26. The van der Waals surface area contributed by atoms with Crippen LogP contribution < -0.4 is 10.4 Å². The van der Waals surface area contributed by atoms with Crippen molar-refractivity contribution < 1.29 is 0 Å². The first-order valence-electron chi connectivity index (χ1n) is 9.43. The summed E-state index contributed by atoms with van der Waals surface area (Å²) in [5.74, 6) is 1.55. The molecule has 1 heterocycles. The summed E-state index contributed by atoms with van der Waals surface area (Å²) in [7, 11) is -0.537. The van der Waals surface area contributed by atoms with Crippen LogP contribution in [0.3, 0.4) is 0 Å². The summed E-state index contributed by atoms with van der Waals surface area (Å²) >= 11 is 0. The van der Waals surface area contributed by atoms with Gasteiger partial charge in [0.2, 0.25) is 0 Å². The van der Waals surface area contributed by atoms with Gasteiger partial charge in [-0.15, -0.1) is 0 Å². The van der Waals surface area contributed by atoms with Crippen molar-refractivity contribution in [1.29, 1.82) is 0 Å². The van der Waals surface area contributed by atoms with E-state index in [1.807, 2.05) is 0 Å². The molecule has 0 nitrogen and oxygen atoms in total. The van der Waals surface area contributed by atoms with Crippen molar-refractivity contribution in [2.45, 2.75) is 52.6 Å². The number of benzene rings is 2. The second-order valence-corrected chi connectivity index (χ2v) is 16.3. The van der Waals surface area contributed by atoms with E-state index in [2.05, 4.69) is 76.2 Å². The molecule has 2 aromatic carbocycles. The van der Waals surface area contributed by atoms with E-state index in [4.69, 9.17) is 0 Å². The highest BCUT2D eigenvalue weighted by molar-refractivity contribution is 7.35. The van der Waals surface area contributed by atoms with Crippen LogP contribution in [0.1, 0.15) is 38.8 Å². The highest BCUT2D eigenvalue weighted by atomic mass is 29.2. The van der Waals surface area contributed by atoms with E-state index in [1.165, 1.54) is 36.1 Å². The summed E-state index contributed by atoms with van der Waals surface area (Å²) in [5, 5.41) is 3.32. The normalized spacial score (nSPS) is 16.4. The van der Waals surface area contributed by atoms with E-state index < -0.39 is 7.59 Å². The first-order valence-corrected chi connectivity index (χ1v) is 13.8. The number of hydrogen-bond acceptors (Lipinski definition) is 0. The average Bonchev–Trinajstić information content (AvgIpc) is 2.51. The lowest BCUT2D eigenvalue weighted by Gasteiger charge is -2.36. The fourth-order valence-corrected chi connectivity index (χ4v) is 16.0. The SMILES string of the molecule is CC(C)C[Si]1(CC(C)C)[Si]c2cccc(c2)CCc2cccc1c2. The van der Waals surface area contributed by atoms with E-state index >= 15 is 0 Å². The molecule has 3 rings (SSSR count). The molecule has 0 saturated carbocycles. The minimum Gasteiger partial charge on any atom is -0.0665 e. The van der Waals surface area contributed by atoms with Crippen molar-refractivity contribution in [2.24, 2.45) is 11.8 Å². The van der Waals surface area contributed by atoms with Crippen LogP contribution in [0.15, 0.2) is 48.5 Å². The molecular weight excluding hydrogens is 320 g/mol. The third-order valence-electron chi connectivity index (χ3n) is 5.01. The van der Waals surface area contributed by atoms with E-state index in [1.54, 1.807) is 10.4 Å². The Hall–Kier alpha value is -1.13. The van der Waals surface area contributed by atoms with E-state index in [-0.39, 0.29) is 0 Å². The number of hydrogen-bond donors (Lipinski definition) is 0. The third-order valence-corrected chi connectivity index (χ3v) is 14.9. The zero-order valence-corrected chi connectivity index (χ0v) is 17.6. The van der Waals surface area contributed by atoms with Gasteiger partial charge in [-0.25, -0.2) is 0 Å². The standard InChI is InChI=1S/C22H30Si2/c1-17(2)15-24(16-18(3)4)22-10-6-8-20(14-22)12-11-19-7-5-9-21(13-19)23-24/h5-10,13-14,17-18H,11-12,15-16H2,1-4H3. The van der Waals surface area contributed by atoms with Gasteiger partial charge < -0.3 is 0 Å². The van der Waals surface area contributed by atoms with Gasteiger partial charge in [-0.1, -0.05) is 98.7 Å². The molecule has 0 unspecified atom stereocenters. The Morgan fingerprint density at radius 2 is 1.42 bits per heavy atom. The molecule has 0 aliphatic carbocycles. The van der Waals surface area contributed by atoms with Crippen molar-refractivity contribution in [3.8, 4) is 0 Å². The van der Waals surface area contributed by atoms with E-state index in [0.717, 1.165) is 20.9 Å². The van der Waals surface area contributed by atoms with Gasteiger partial charge >= 0.3 is 0 Å². The largest absolute Gasteiger partial charge is 0.0809 e. The monoisotopic (exact) mass is 350 g/mol. The van der Waals surface area contributed by atoms with Gasteiger partial charge in [0.05, 0.1) is 16.6 Å². The topological polar surface area (TPSA) is 0 Å². The van der Waals surface area contributed by atoms with Crippen molar-refractivity contribution in [3.05, 3.63) is 59.7 Å². The zero-order valence-electron chi connectivity index (χ0n) is 15.6. The summed E-state index contributed by atoms with van der Waals surface area (Å²) in [5.41, 5.74) is 3.05. The first kappa shape index (κ1) is 17.7. The summed E-state index contributed by atoms with van der Waals surface area (Å²) in [4.78, 5) is 0. The second kappa shape index (κ2) is 7.41. The molecule has 24 heavy (non-hydrogen) atoms. The van der Waals surface area contributed by atoms with Crippen molar-refractivity contribution >= 4 is 27.0 Å². The minimum absolute atomic E-state index is 0.776. The maximum Gasteiger partial charge on any atom is 0.0809 e. The number of fused-ring (bicyclic) bond motifs is 4. The Morgan fingerprint density at radius 3 is 2.04 bits per heavy atom. The highest BCUT2D eigenvalue weighted by Gasteiger charge is 2.37. The maximum atomic E-state index is 2.58. The summed E-state index contributed by atoms with van der Waals surface area (Å²) < 4.78 is 0. The molecule has 0 amide bonds. The van der Waals surface area contributed by atoms with Gasteiger partial charge in [-0.05, 0) is 35.8 Å². The lowest BCUT2D eigenvalue weighted by Crippen LogP contribution is -2.59. The Bertz CT molecular complexity index is 678. The van der Waals surface area contributed by atoms with Crippen molar-refractivity contribution in [3.63, 3.8) is 0 Å². The van der Waals surface area contributed by atoms with E-state index in [0.29, 0.717) is 0 Å². The lowest BCUT2D eigenvalue weighted by atomic mass is 10.0. The Morgan fingerprint density at radius 1 is 0.833 bits per heavy atom. The summed E-state index contributed by atoms with van der Waals surface area (Å²) in [6.45, 7) is 9.66. The molecule has 0 atom stereocenters. The van der Waals surface area contributed by atoms with Gasteiger partial charge in [0.15, 0.2) is 0 Å². The van der Waals surface area contributed by atoms with Crippen LogP contribution >= 0.6 is 0 Å². The van der Waals surface area contributed by atoms with Gasteiger partial charge in [-0.2, -0.15) is 0 Å². The lowest BCUT2D eigenvalue weighted by molar-refractivity contribution is 0.690. The molecule has 2 radical (unpaired) electrons. The average molecular weight is 351 g/mol. The van der Waals surface area contributed by atoms with Crippen LogP contribution in [0.25, 0.3) is 0 Å². The first-order chi connectivity index (χ1) is 11.5. The predicted octanol–water partition coefficient (Wildman–Crippen LogP) is 4.28. The maximum absolute atomic E-state index is 2.58. The number of rotatable bonds is 4. The minimum atomic E-state index is -1.53.